The van der Waals surface area contributed by atoms with Gasteiger partial charge in [0.15, 0.2) is 5.82 Å². The number of tetrazole rings is 1. The average molecular weight is 432 g/mol. The van der Waals surface area contributed by atoms with Crippen LogP contribution >= 0.6 is 11.6 Å². The highest BCUT2D eigenvalue weighted by atomic mass is 35.5. The van der Waals surface area contributed by atoms with Gasteiger partial charge < -0.3 is 9.47 Å². The molecule has 3 heterocycles. The predicted molar refractivity (Wildman–Crippen MR) is 97.8 cm³/mol. The molecule has 1 atom stereocenters. The lowest BCUT2D eigenvalue weighted by Gasteiger charge is -2.47. The molecular weight excluding hydrogens is 411 g/mol. The van der Waals surface area contributed by atoms with Gasteiger partial charge in [0.1, 0.15) is 5.60 Å². The number of alkyl halides is 3. The summed E-state index contributed by atoms with van der Waals surface area (Å²) in [5, 5.41) is 11.4. The Morgan fingerprint density at radius 2 is 2.03 bits per heavy atom. The van der Waals surface area contributed by atoms with E-state index in [4.69, 9.17) is 21.1 Å². The summed E-state index contributed by atoms with van der Waals surface area (Å²) in [5.74, 6) is 0.310. The van der Waals surface area contributed by atoms with Gasteiger partial charge in [-0.2, -0.15) is 17.9 Å². The maximum Gasteiger partial charge on any atom is 0.418 e. The van der Waals surface area contributed by atoms with Crippen LogP contribution in [0.1, 0.15) is 31.7 Å². The molecule has 2 aromatic rings. The molecule has 29 heavy (non-hydrogen) atoms. The van der Waals surface area contributed by atoms with Crippen LogP contribution in [-0.4, -0.2) is 62.6 Å². The van der Waals surface area contributed by atoms with E-state index in [1.165, 1.54) is 12.1 Å². The van der Waals surface area contributed by atoms with Gasteiger partial charge in [0, 0.05) is 31.1 Å². The summed E-state index contributed by atoms with van der Waals surface area (Å²) in [4.78, 5) is 2.10. The van der Waals surface area contributed by atoms with Crippen LogP contribution in [0.5, 0.6) is 0 Å². The molecule has 2 saturated heterocycles. The predicted octanol–water partition coefficient (Wildman–Crippen LogP) is 3.10. The highest BCUT2D eigenvalue weighted by Crippen LogP contribution is 2.37. The molecule has 11 heteroatoms. The summed E-state index contributed by atoms with van der Waals surface area (Å²) in [6.07, 6.45) is -3.82. The van der Waals surface area contributed by atoms with Gasteiger partial charge in [-0.3, -0.25) is 4.90 Å². The molecule has 0 saturated carbocycles. The van der Waals surface area contributed by atoms with Gasteiger partial charge in [-0.1, -0.05) is 11.6 Å². The number of nitrogens with zero attached hydrogens (tertiary/aromatic N) is 5. The molecule has 2 aliphatic heterocycles. The number of hydrogen-bond donors (Lipinski definition) is 0. The summed E-state index contributed by atoms with van der Waals surface area (Å²) < 4.78 is 53.5. The van der Waals surface area contributed by atoms with Gasteiger partial charge in [-0.05, 0) is 42.5 Å². The second kappa shape index (κ2) is 7.19. The van der Waals surface area contributed by atoms with Crippen LogP contribution in [0.25, 0.3) is 5.69 Å². The van der Waals surface area contributed by atoms with Crippen molar-refractivity contribution in [1.29, 1.82) is 0 Å². The Kier molecular flexibility index (Phi) is 5.09. The number of aromatic nitrogens is 4. The molecule has 1 spiro atoms. The minimum atomic E-state index is -4.59. The van der Waals surface area contributed by atoms with Gasteiger partial charge in [0.05, 0.1) is 30.0 Å². The Morgan fingerprint density at radius 1 is 1.24 bits per heavy atom. The summed E-state index contributed by atoms with van der Waals surface area (Å²) in [7, 11) is 0. The minimum Gasteiger partial charge on any atom is -0.378 e. The van der Waals surface area contributed by atoms with Crippen LogP contribution in [0.2, 0.25) is 5.02 Å². The van der Waals surface area contributed by atoms with Gasteiger partial charge in [-0.15, -0.1) is 5.10 Å². The molecule has 7 nitrogen and oxygen atoms in total. The van der Waals surface area contributed by atoms with E-state index in [9.17, 15) is 13.2 Å². The van der Waals surface area contributed by atoms with Gasteiger partial charge in [-0.25, -0.2) is 0 Å². The molecule has 1 aromatic carbocycles. The molecule has 2 fully saturated rings. The van der Waals surface area contributed by atoms with Crippen molar-refractivity contribution in [2.24, 2.45) is 0 Å². The van der Waals surface area contributed by atoms with E-state index in [1.807, 2.05) is 13.8 Å². The van der Waals surface area contributed by atoms with E-state index in [0.29, 0.717) is 32.1 Å². The third-order valence-electron chi connectivity index (χ3n) is 5.07. The van der Waals surface area contributed by atoms with Crippen LogP contribution in [0.4, 0.5) is 13.2 Å². The van der Waals surface area contributed by atoms with Crippen LogP contribution in [0.3, 0.4) is 0 Å². The van der Waals surface area contributed by atoms with Crippen LogP contribution in [-0.2, 0) is 22.2 Å². The van der Waals surface area contributed by atoms with E-state index >= 15 is 0 Å². The fourth-order valence-electron chi connectivity index (χ4n) is 4.17. The van der Waals surface area contributed by atoms with Crippen molar-refractivity contribution in [3.63, 3.8) is 0 Å². The quantitative estimate of drug-likeness (QED) is 0.744. The fourth-order valence-corrected chi connectivity index (χ4v) is 4.34. The third kappa shape index (κ3) is 4.25. The Morgan fingerprint density at radius 3 is 2.72 bits per heavy atom. The molecule has 0 N–H and O–H groups in total. The van der Waals surface area contributed by atoms with E-state index in [2.05, 4.69) is 20.4 Å². The van der Waals surface area contributed by atoms with Gasteiger partial charge in [0.25, 0.3) is 0 Å². The first-order valence-electron chi connectivity index (χ1n) is 9.22. The highest BCUT2D eigenvalue weighted by molar-refractivity contribution is 6.30. The fraction of sp³-hybridized carbons (Fsp3) is 0.611. The molecule has 1 unspecified atom stereocenters. The molecule has 158 valence electrons. The summed E-state index contributed by atoms with van der Waals surface area (Å²) in [6, 6.07) is 3.55. The van der Waals surface area contributed by atoms with Crippen molar-refractivity contribution in [2.75, 3.05) is 26.3 Å². The molecule has 2 aliphatic rings. The van der Waals surface area contributed by atoms with E-state index in [0.717, 1.165) is 17.2 Å². The number of rotatable bonds is 3. The molecule has 0 bridgehead atoms. The topological polar surface area (TPSA) is 65.3 Å². The lowest BCUT2D eigenvalue weighted by Crippen LogP contribution is -2.59. The SMILES string of the molecule is CC1(C)CN(Cc2nnnn2-c2ccc(Cl)cc2C(F)(F)F)CC2(CCOC2)O1. The van der Waals surface area contributed by atoms with Crippen molar-refractivity contribution >= 4 is 11.6 Å². The van der Waals surface area contributed by atoms with Crippen molar-refractivity contribution in [3.05, 3.63) is 34.6 Å². The largest absolute Gasteiger partial charge is 0.418 e. The van der Waals surface area contributed by atoms with E-state index < -0.39 is 22.9 Å². The number of morpholine rings is 1. The third-order valence-corrected chi connectivity index (χ3v) is 5.30. The Bertz CT molecular complexity index is 896. The first-order valence-corrected chi connectivity index (χ1v) is 9.59. The molecule has 4 rings (SSSR count). The zero-order chi connectivity index (χ0) is 20.9. The van der Waals surface area contributed by atoms with Crippen LogP contribution in [0.15, 0.2) is 18.2 Å². The minimum absolute atomic E-state index is 0.00574. The molecule has 0 amide bonds. The average Bonchev–Trinajstić information content (AvgIpc) is 3.22. The second-order valence-electron chi connectivity index (χ2n) is 8.16. The standard InChI is InChI=1S/C18H21ClF3N5O2/c1-16(2)9-26(10-17(29-16)5-6-28-11-17)8-15-23-24-25-27(15)14-4-3-12(19)7-13(14)18(20,21)22/h3-4,7H,5-6,8-11H2,1-2H3. The Balaban J connectivity index is 1.64. The maximum absolute atomic E-state index is 13.5. The van der Waals surface area contributed by atoms with Crippen molar-refractivity contribution < 1.29 is 22.6 Å². The summed E-state index contributed by atoms with van der Waals surface area (Å²) in [6.45, 7) is 6.56. The lowest BCUT2D eigenvalue weighted by atomic mass is 9.95. The number of hydrogen-bond acceptors (Lipinski definition) is 6. The van der Waals surface area contributed by atoms with Gasteiger partial charge in [0.2, 0.25) is 0 Å². The maximum atomic E-state index is 13.5. The molecule has 1 aromatic heterocycles. The Hall–Kier alpha value is -1.75. The normalized spacial score (nSPS) is 25.0. The molecular formula is C18H21ClF3N5O2. The molecule has 0 radical (unpaired) electrons. The zero-order valence-corrected chi connectivity index (χ0v) is 16.8. The summed E-state index contributed by atoms with van der Waals surface area (Å²) >= 11 is 5.79. The van der Waals surface area contributed by atoms with E-state index in [1.54, 1.807) is 0 Å². The number of halogens is 4. The number of ether oxygens (including phenoxy) is 2. The lowest BCUT2D eigenvalue weighted by molar-refractivity contribution is -0.197. The van der Waals surface area contributed by atoms with Crippen molar-refractivity contribution in [3.8, 4) is 5.69 Å². The van der Waals surface area contributed by atoms with Crippen molar-refractivity contribution in [2.45, 2.75) is 44.2 Å². The Labute approximate surface area is 170 Å². The smallest absolute Gasteiger partial charge is 0.378 e. The first kappa shape index (κ1) is 20.5. The zero-order valence-electron chi connectivity index (χ0n) is 16.0. The van der Waals surface area contributed by atoms with Crippen molar-refractivity contribution in [1.82, 2.24) is 25.1 Å². The molecule has 0 aliphatic carbocycles. The number of benzene rings is 1. The van der Waals surface area contributed by atoms with Crippen LogP contribution in [0, 0.1) is 0 Å². The van der Waals surface area contributed by atoms with Gasteiger partial charge >= 0.3 is 6.18 Å². The first-order chi connectivity index (χ1) is 13.6. The van der Waals surface area contributed by atoms with Crippen LogP contribution < -0.4 is 0 Å². The van der Waals surface area contributed by atoms with E-state index in [-0.39, 0.29) is 17.3 Å². The second-order valence-corrected chi connectivity index (χ2v) is 8.60. The monoisotopic (exact) mass is 431 g/mol. The highest BCUT2D eigenvalue weighted by Gasteiger charge is 2.47. The summed E-state index contributed by atoms with van der Waals surface area (Å²) in [5.41, 5.74) is -1.89.